The SMILES string of the molecule is CSc1nn(C2=CC=CCC2)c2nc(-c3ccc(-c4ccnc(N)n4)cc3)n(-c3ccc(Cl)cc3)c(=O)c12. The van der Waals surface area contributed by atoms with Crippen molar-refractivity contribution in [3.05, 3.63) is 94.4 Å². The van der Waals surface area contributed by atoms with Crippen LogP contribution in [0.1, 0.15) is 12.8 Å². The smallest absolute Gasteiger partial charge is 0.270 e. The molecule has 0 spiro atoms. The molecule has 0 atom stereocenters. The number of aromatic nitrogens is 6. The molecule has 0 saturated heterocycles. The lowest BCUT2D eigenvalue weighted by Gasteiger charge is -2.15. The van der Waals surface area contributed by atoms with Crippen LogP contribution in [0.15, 0.2) is 88.8 Å². The van der Waals surface area contributed by atoms with Crippen molar-refractivity contribution in [1.29, 1.82) is 0 Å². The number of nitrogen functional groups attached to an aromatic ring is 1. The Morgan fingerprint density at radius 1 is 1.00 bits per heavy atom. The number of nitrogens with two attached hydrogens (primary N) is 1. The van der Waals surface area contributed by atoms with Gasteiger partial charge in [0.2, 0.25) is 5.95 Å². The summed E-state index contributed by atoms with van der Waals surface area (Å²) in [6.45, 7) is 0. The van der Waals surface area contributed by atoms with Crippen LogP contribution < -0.4 is 11.3 Å². The summed E-state index contributed by atoms with van der Waals surface area (Å²) in [5.74, 6) is 0.708. The van der Waals surface area contributed by atoms with Gasteiger partial charge in [0, 0.05) is 28.0 Å². The van der Waals surface area contributed by atoms with Gasteiger partial charge in [0.25, 0.3) is 5.56 Å². The average molecular weight is 540 g/mol. The molecule has 0 aliphatic heterocycles. The lowest BCUT2D eigenvalue weighted by molar-refractivity contribution is 0.820. The maximum absolute atomic E-state index is 14.2. The molecule has 2 N–H and O–H groups in total. The van der Waals surface area contributed by atoms with Gasteiger partial charge < -0.3 is 5.73 Å². The molecule has 0 bridgehead atoms. The highest BCUT2D eigenvalue weighted by atomic mass is 35.5. The minimum Gasteiger partial charge on any atom is -0.368 e. The third-order valence-electron chi connectivity index (χ3n) is 6.32. The van der Waals surface area contributed by atoms with Gasteiger partial charge in [-0.15, -0.1) is 11.8 Å². The van der Waals surface area contributed by atoms with Gasteiger partial charge in [-0.3, -0.25) is 9.36 Å². The fourth-order valence-electron chi connectivity index (χ4n) is 4.50. The Kier molecular flexibility index (Phi) is 6.30. The first-order chi connectivity index (χ1) is 18.5. The van der Waals surface area contributed by atoms with E-state index in [-0.39, 0.29) is 11.5 Å². The van der Waals surface area contributed by atoms with Crippen molar-refractivity contribution >= 4 is 46.0 Å². The molecule has 0 amide bonds. The molecule has 10 heteroatoms. The van der Waals surface area contributed by atoms with Gasteiger partial charge in [0.15, 0.2) is 5.65 Å². The third-order valence-corrected chi connectivity index (χ3v) is 7.25. The molecule has 38 heavy (non-hydrogen) atoms. The molecule has 6 rings (SSSR count). The third kappa shape index (κ3) is 4.29. The van der Waals surface area contributed by atoms with Gasteiger partial charge in [0.1, 0.15) is 16.2 Å². The second-order valence-electron chi connectivity index (χ2n) is 8.67. The van der Waals surface area contributed by atoms with E-state index in [0.717, 1.165) is 29.7 Å². The van der Waals surface area contributed by atoms with E-state index in [2.05, 4.69) is 16.0 Å². The predicted molar refractivity (Wildman–Crippen MR) is 153 cm³/mol. The van der Waals surface area contributed by atoms with Crippen LogP contribution in [0.3, 0.4) is 0 Å². The van der Waals surface area contributed by atoms with Crippen molar-refractivity contribution in [2.75, 3.05) is 12.0 Å². The maximum Gasteiger partial charge on any atom is 0.270 e. The highest BCUT2D eigenvalue weighted by molar-refractivity contribution is 7.98. The molecule has 2 aromatic carbocycles. The van der Waals surface area contributed by atoms with Crippen LogP contribution in [-0.2, 0) is 0 Å². The summed E-state index contributed by atoms with van der Waals surface area (Å²) in [4.78, 5) is 27.5. The Labute approximate surface area is 227 Å². The van der Waals surface area contributed by atoms with Gasteiger partial charge in [-0.05, 0) is 55.5 Å². The predicted octanol–water partition coefficient (Wildman–Crippen LogP) is 5.85. The van der Waals surface area contributed by atoms with Crippen LogP contribution in [-0.4, -0.2) is 35.6 Å². The molecule has 8 nitrogen and oxygen atoms in total. The zero-order chi connectivity index (χ0) is 26.2. The fourth-order valence-corrected chi connectivity index (χ4v) is 5.17. The Balaban J connectivity index is 1.61. The maximum atomic E-state index is 14.2. The van der Waals surface area contributed by atoms with E-state index in [1.165, 1.54) is 11.8 Å². The van der Waals surface area contributed by atoms with Crippen molar-refractivity contribution in [1.82, 2.24) is 29.3 Å². The number of benzene rings is 2. The Hall–Kier alpha value is -4.21. The number of anilines is 1. The van der Waals surface area contributed by atoms with E-state index in [9.17, 15) is 4.79 Å². The summed E-state index contributed by atoms with van der Waals surface area (Å²) in [7, 11) is 0. The minimum atomic E-state index is -0.192. The van der Waals surface area contributed by atoms with E-state index in [1.807, 2.05) is 54.8 Å². The topological polar surface area (TPSA) is 105 Å². The number of allylic oxidation sites excluding steroid dienone is 4. The molecular weight excluding hydrogens is 518 g/mol. The van der Waals surface area contributed by atoms with Gasteiger partial charge in [-0.2, -0.15) is 5.10 Å². The number of thioether (sulfide) groups is 1. The molecular formula is C28H22ClN7OS. The van der Waals surface area contributed by atoms with Crippen molar-refractivity contribution in [2.45, 2.75) is 17.9 Å². The molecule has 1 aliphatic rings. The van der Waals surface area contributed by atoms with Gasteiger partial charge >= 0.3 is 0 Å². The second kappa shape index (κ2) is 9.92. The van der Waals surface area contributed by atoms with Crippen molar-refractivity contribution < 1.29 is 0 Å². The van der Waals surface area contributed by atoms with Crippen LogP contribution in [0, 0.1) is 0 Å². The van der Waals surface area contributed by atoms with Crippen LogP contribution >= 0.6 is 23.4 Å². The molecule has 5 aromatic rings. The zero-order valence-electron chi connectivity index (χ0n) is 20.4. The Morgan fingerprint density at radius 3 is 2.45 bits per heavy atom. The van der Waals surface area contributed by atoms with Crippen molar-refractivity contribution in [3.63, 3.8) is 0 Å². The summed E-state index contributed by atoms with van der Waals surface area (Å²) in [5.41, 5.74) is 10.1. The quantitative estimate of drug-likeness (QED) is 0.279. The average Bonchev–Trinajstić information content (AvgIpc) is 3.33. The van der Waals surface area contributed by atoms with Crippen LogP contribution in [0.25, 0.3) is 45.1 Å². The summed E-state index contributed by atoms with van der Waals surface area (Å²) < 4.78 is 3.43. The Morgan fingerprint density at radius 2 is 1.76 bits per heavy atom. The summed E-state index contributed by atoms with van der Waals surface area (Å²) in [6.07, 6.45) is 11.4. The molecule has 3 aromatic heterocycles. The van der Waals surface area contributed by atoms with E-state index >= 15 is 0 Å². The lowest BCUT2D eigenvalue weighted by Crippen LogP contribution is -2.22. The number of fused-ring (bicyclic) bond motifs is 1. The summed E-state index contributed by atoms with van der Waals surface area (Å²) in [6, 6.07) is 16.7. The standard InChI is InChI=1S/C28H22ClN7OS/c1-38-26-23-25(36(34-26)21-5-3-2-4-6-21)33-24(35(27(23)37)20-13-11-19(29)12-14-20)18-9-7-17(8-10-18)22-15-16-31-28(30)32-22/h2-3,5,7-16H,4,6H2,1H3,(H2,30,31,32). The van der Waals surface area contributed by atoms with Gasteiger partial charge in [-0.25, -0.2) is 19.6 Å². The van der Waals surface area contributed by atoms with Crippen LogP contribution in [0.2, 0.25) is 5.02 Å². The number of halogens is 1. The molecule has 1 aliphatic carbocycles. The first-order valence-electron chi connectivity index (χ1n) is 11.9. The first kappa shape index (κ1) is 24.1. The molecule has 0 saturated carbocycles. The van der Waals surface area contributed by atoms with E-state index in [0.29, 0.717) is 38.3 Å². The minimum absolute atomic E-state index is 0.192. The monoisotopic (exact) mass is 539 g/mol. The number of rotatable bonds is 5. The van der Waals surface area contributed by atoms with Crippen LogP contribution in [0.4, 0.5) is 5.95 Å². The molecule has 0 fully saturated rings. The Bertz CT molecular complexity index is 1790. The molecule has 0 unspecified atom stereocenters. The van der Waals surface area contributed by atoms with Gasteiger partial charge in [0.05, 0.1) is 11.4 Å². The lowest BCUT2D eigenvalue weighted by atomic mass is 10.1. The van der Waals surface area contributed by atoms with Gasteiger partial charge in [-0.1, -0.05) is 48.0 Å². The highest BCUT2D eigenvalue weighted by Gasteiger charge is 2.23. The zero-order valence-corrected chi connectivity index (χ0v) is 21.9. The largest absolute Gasteiger partial charge is 0.368 e. The summed E-state index contributed by atoms with van der Waals surface area (Å²) >= 11 is 7.60. The molecule has 188 valence electrons. The molecule has 0 radical (unpaired) electrons. The number of hydrogen-bond donors (Lipinski definition) is 1. The number of nitrogens with zero attached hydrogens (tertiary/aromatic N) is 6. The highest BCUT2D eigenvalue weighted by Crippen LogP contribution is 2.31. The summed E-state index contributed by atoms with van der Waals surface area (Å²) in [5, 5.41) is 6.50. The van der Waals surface area contributed by atoms with E-state index in [1.54, 1.807) is 33.6 Å². The van der Waals surface area contributed by atoms with Crippen molar-refractivity contribution in [3.8, 4) is 28.3 Å². The van der Waals surface area contributed by atoms with Crippen molar-refractivity contribution in [2.24, 2.45) is 0 Å². The number of hydrogen-bond acceptors (Lipinski definition) is 7. The first-order valence-corrected chi connectivity index (χ1v) is 13.5. The normalized spacial score (nSPS) is 13.2. The van der Waals surface area contributed by atoms with Crippen LogP contribution in [0.5, 0.6) is 0 Å². The fraction of sp³-hybridized carbons (Fsp3) is 0.107. The molecule has 3 heterocycles. The van der Waals surface area contributed by atoms with E-state index in [4.69, 9.17) is 27.4 Å². The second-order valence-corrected chi connectivity index (χ2v) is 9.91. The van der Waals surface area contributed by atoms with E-state index < -0.39 is 0 Å².